The maximum Gasteiger partial charge on any atom is 0.215 e. The summed E-state index contributed by atoms with van der Waals surface area (Å²) in [4.78, 5) is 0. The lowest BCUT2D eigenvalue weighted by Gasteiger charge is -2.38. The van der Waals surface area contributed by atoms with E-state index in [0.29, 0.717) is 10.0 Å². The Morgan fingerprint density at radius 2 is 1.79 bits per heavy atom. The van der Waals surface area contributed by atoms with Gasteiger partial charge in [-0.1, -0.05) is 59.1 Å². The highest BCUT2D eigenvalue weighted by atomic mass is 35.5. The topological polar surface area (TPSA) is 24.8 Å². The molecule has 2 heterocycles. The van der Waals surface area contributed by atoms with Crippen LogP contribution < -0.4 is 4.74 Å². The number of ether oxygens (including phenoxy) is 1. The minimum Gasteiger partial charge on any atom is -0.464 e. The Morgan fingerprint density at radius 3 is 2.62 bits per heavy atom. The van der Waals surface area contributed by atoms with Gasteiger partial charge in [-0.05, 0) is 49.7 Å². The number of benzene rings is 3. The van der Waals surface area contributed by atoms with Crippen molar-refractivity contribution in [3.63, 3.8) is 0 Å². The number of hydrogen-bond donors (Lipinski definition) is 0. The van der Waals surface area contributed by atoms with E-state index in [9.17, 15) is 0 Å². The predicted molar refractivity (Wildman–Crippen MR) is 118 cm³/mol. The van der Waals surface area contributed by atoms with Crippen molar-refractivity contribution in [2.75, 3.05) is 0 Å². The van der Waals surface area contributed by atoms with Crippen LogP contribution in [-0.2, 0) is 0 Å². The van der Waals surface area contributed by atoms with E-state index < -0.39 is 0 Å². The lowest BCUT2D eigenvalue weighted by atomic mass is 9.93. The van der Waals surface area contributed by atoms with Crippen LogP contribution in [0.2, 0.25) is 10.0 Å². The molecule has 0 N–H and O–H groups in total. The average molecular weight is 423 g/mol. The molecule has 3 aromatic rings. The van der Waals surface area contributed by atoms with Crippen molar-refractivity contribution in [2.24, 2.45) is 5.10 Å². The van der Waals surface area contributed by atoms with Crippen LogP contribution in [0, 0.1) is 13.8 Å². The van der Waals surface area contributed by atoms with Gasteiger partial charge in [-0.15, -0.1) is 0 Å². The number of aryl methyl sites for hydroxylation is 2. The van der Waals surface area contributed by atoms with E-state index in [0.717, 1.165) is 29.0 Å². The Morgan fingerprint density at radius 1 is 0.966 bits per heavy atom. The summed E-state index contributed by atoms with van der Waals surface area (Å²) in [5.74, 6) is 0.831. The van der Waals surface area contributed by atoms with E-state index in [-0.39, 0.29) is 12.3 Å². The molecule has 0 amide bonds. The van der Waals surface area contributed by atoms with Crippen LogP contribution in [0.1, 0.15) is 46.5 Å². The third-order valence-corrected chi connectivity index (χ3v) is 6.21. The van der Waals surface area contributed by atoms with Gasteiger partial charge in [-0.2, -0.15) is 5.10 Å². The lowest BCUT2D eigenvalue weighted by molar-refractivity contribution is -0.0189. The predicted octanol–water partition coefficient (Wildman–Crippen LogP) is 6.85. The van der Waals surface area contributed by atoms with Crippen LogP contribution in [0.25, 0.3) is 0 Å². The van der Waals surface area contributed by atoms with E-state index in [2.05, 4.69) is 32.0 Å². The Kier molecular flexibility index (Phi) is 4.53. The SMILES string of the molecule is Cc1ccc(C)c(C2=NN3C(C2)c2cc(Cl)ccc2OC3c2ccccc2Cl)c1. The molecule has 2 atom stereocenters. The number of nitrogens with zero attached hydrogens (tertiary/aromatic N) is 2. The molecule has 0 bridgehead atoms. The highest BCUT2D eigenvalue weighted by Gasteiger charge is 2.41. The zero-order valence-corrected chi connectivity index (χ0v) is 17.7. The molecule has 0 saturated carbocycles. The summed E-state index contributed by atoms with van der Waals surface area (Å²) in [6.45, 7) is 4.23. The molecular formula is C24H20Cl2N2O. The van der Waals surface area contributed by atoms with Gasteiger partial charge in [0.15, 0.2) is 0 Å². The number of hydrogen-bond acceptors (Lipinski definition) is 3. The third-order valence-electron chi connectivity index (χ3n) is 5.63. The molecule has 2 aliphatic heterocycles. The average Bonchev–Trinajstić information content (AvgIpc) is 3.15. The Labute approximate surface area is 180 Å². The van der Waals surface area contributed by atoms with Crippen LogP contribution in [0.4, 0.5) is 0 Å². The molecule has 0 spiro atoms. The van der Waals surface area contributed by atoms with E-state index in [1.807, 2.05) is 47.5 Å². The fourth-order valence-corrected chi connectivity index (χ4v) is 4.56. The standard InChI is InChI=1S/C24H20Cl2N2O/c1-14-7-8-15(2)18(11-14)21-13-22-19-12-16(25)9-10-23(19)29-24(28(22)27-21)17-5-3-4-6-20(17)26/h3-12,22,24H,13H2,1-2H3. The molecule has 0 saturated heterocycles. The first-order valence-electron chi connectivity index (χ1n) is 9.65. The zero-order valence-electron chi connectivity index (χ0n) is 16.2. The Hall–Kier alpha value is -2.49. The van der Waals surface area contributed by atoms with Gasteiger partial charge in [-0.25, -0.2) is 5.01 Å². The second-order valence-corrected chi connectivity index (χ2v) is 8.48. The summed E-state index contributed by atoms with van der Waals surface area (Å²) >= 11 is 12.8. The first-order valence-corrected chi connectivity index (χ1v) is 10.4. The van der Waals surface area contributed by atoms with E-state index in [1.165, 1.54) is 16.7 Å². The number of rotatable bonds is 2. The fraction of sp³-hybridized carbons (Fsp3) is 0.208. The quantitative estimate of drug-likeness (QED) is 0.450. The van der Waals surface area contributed by atoms with Crippen LogP contribution in [0.3, 0.4) is 0 Å². The molecule has 5 rings (SSSR count). The molecule has 3 aromatic carbocycles. The monoisotopic (exact) mass is 422 g/mol. The molecular weight excluding hydrogens is 403 g/mol. The van der Waals surface area contributed by atoms with Gasteiger partial charge in [0.25, 0.3) is 0 Å². The van der Waals surface area contributed by atoms with Crippen molar-refractivity contribution in [3.05, 3.63) is 98.5 Å². The van der Waals surface area contributed by atoms with Crippen molar-refractivity contribution >= 4 is 28.9 Å². The normalized spacial score (nSPS) is 20.0. The smallest absolute Gasteiger partial charge is 0.215 e. The van der Waals surface area contributed by atoms with Crippen molar-refractivity contribution in [1.82, 2.24) is 5.01 Å². The van der Waals surface area contributed by atoms with E-state index >= 15 is 0 Å². The highest BCUT2D eigenvalue weighted by Crippen LogP contribution is 2.49. The summed E-state index contributed by atoms with van der Waals surface area (Å²) in [6, 6.07) is 20.1. The summed E-state index contributed by atoms with van der Waals surface area (Å²) < 4.78 is 6.38. The third kappa shape index (κ3) is 3.19. The highest BCUT2D eigenvalue weighted by molar-refractivity contribution is 6.31. The van der Waals surface area contributed by atoms with E-state index in [4.69, 9.17) is 33.0 Å². The first-order chi connectivity index (χ1) is 14.0. The fourth-order valence-electron chi connectivity index (χ4n) is 4.15. The van der Waals surface area contributed by atoms with Crippen molar-refractivity contribution in [3.8, 4) is 5.75 Å². The molecule has 2 unspecified atom stereocenters. The molecule has 29 heavy (non-hydrogen) atoms. The molecule has 0 fully saturated rings. The first kappa shape index (κ1) is 18.5. The maximum atomic E-state index is 6.52. The van der Waals surface area contributed by atoms with Crippen molar-refractivity contribution < 1.29 is 4.74 Å². The maximum absolute atomic E-state index is 6.52. The summed E-state index contributed by atoms with van der Waals surface area (Å²) in [6.07, 6.45) is 0.409. The van der Waals surface area contributed by atoms with Crippen molar-refractivity contribution in [2.45, 2.75) is 32.5 Å². The Bertz CT molecular complexity index is 1140. The van der Waals surface area contributed by atoms with Crippen LogP contribution in [-0.4, -0.2) is 10.7 Å². The van der Waals surface area contributed by atoms with Gasteiger partial charge in [0.2, 0.25) is 6.23 Å². The minimum atomic E-state index is -0.384. The molecule has 0 aromatic heterocycles. The van der Waals surface area contributed by atoms with E-state index in [1.54, 1.807) is 0 Å². The Balaban J connectivity index is 1.65. The van der Waals surface area contributed by atoms with Gasteiger partial charge in [0.1, 0.15) is 5.75 Å². The van der Waals surface area contributed by atoms with Crippen LogP contribution >= 0.6 is 23.2 Å². The van der Waals surface area contributed by atoms with Crippen molar-refractivity contribution in [1.29, 1.82) is 0 Å². The van der Waals surface area contributed by atoms with Gasteiger partial charge in [0, 0.05) is 33.2 Å². The summed E-state index contributed by atoms with van der Waals surface area (Å²) in [7, 11) is 0. The van der Waals surface area contributed by atoms with Crippen LogP contribution in [0.5, 0.6) is 5.75 Å². The van der Waals surface area contributed by atoms with Gasteiger partial charge < -0.3 is 4.74 Å². The summed E-state index contributed by atoms with van der Waals surface area (Å²) in [5.41, 5.74) is 6.65. The molecule has 0 radical (unpaired) electrons. The molecule has 0 aliphatic carbocycles. The molecule has 146 valence electrons. The number of halogens is 2. The summed E-state index contributed by atoms with van der Waals surface area (Å²) in [5, 5.41) is 8.44. The van der Waals surface area contributed by atoms with Gasteiger partial charge in [0.05, 0.1) is 11.8 Å². The van der Waals surface area contributed by atoms with Crippen LogP contribution in [0.15, 0.2) is 65.8 Å². The lowest BCUT2D eigenvalue weighted by Crippen LogP contribution is -2.33. The number of fused-ring (bicyclic) bond motifs is 3. The molecule has 2 aliphatic rings. The second-order valence-electron chi connectivity index (χ2n) is 7.64. The van der Waals surface area contributed by atoms with Gasteiger partial charge >= 0.3 is 0 Å². The molecule has 5 heteroatoms. The molecule has 3 nitrogen and oxygen atoms in total. The second kappa shape index (κ2) is 7.08. The largest absolute Gasteiger partial charge is 0.464 e. The zero-order chi connectivity index (χ0) is 20.1. The van der Waals surface area contributed by atoms with Gasteiger partial charge in [-0.3, -0.25) is 0 Å². The minimum absolute atomic E-state index is 0.0497. The number of hydrazone groups is 1.